The van der Waals surface area contributed by atoms with Gasteiger partial charge in [0.15, 0.2) is 11.4 Å². The van der Waals surface area contributed by atoms with E-state index in [0.29, 0.717) is 11.5 Å². The Bertz CT molecular complexity index is 1430. The van der Waals surface area contributed by atoms with Gasteiger partial charge in [0, 0.05) is 43.9 Å². The van der Waals surface area contributed by atoms with Crippen molar-refractivity contribution in [3.8, 4) is 5.75 Å². The number of anilines is 1. The first-order chi connectivity index (χ1) is 19.6. The highest BCUT2D eigenvalue weighted by Gasteiger charge is 2.63. The smallest absolute Gasteiger partial charge is 0.255 e. The molecule has 4 aliphatic rings. The van der Waals surface area contributed by atoms with Crippen molar-refractivity contribution in [1.82, 2.24) is 9.80 Å². The molecule has 1 aliphatic heterocycles. The molecule has 0 spiro atoms. The Morgan fingerprint density at radius 2 is 1.83 bits per heavy atom. The molecule has 3 aliphatic carbocycles. The molecule has 42 heavy (non-hydrogen) atoms. The van der Waals surface area contributed by atoms with Gasteiger partial charge in [-0.1, -0.05) is 13.8 Å². The highest BCUT2D eigenvalue weighted by Crippen LogP contribution is 2.54. The number of aliphatic hydroxyl groups excluding tert-OH is 2. The SMILES string of the molecule is CC(C)CN1CCCC1c1cc(O)c2c(c1N(C)C)C[C@H]1C[C@H]3[C@H](N(C)C)C(O)=C(C(N)=O)C(=O)[C@@]3(O)C(O)=C1C2=O. The summed E-state index contributed by atoms with van der Waals surface area (Å²) in [6.07, 6.45) is 2.27. The third kappa shape index (κ3) is 4.24. The Morgan fingerprint density at radius 1 is 1.17 bits per heavy atom. The van der Waals surface area contributed by atoms with Crippen molar-refractivity contribution in [1.29, 1.82) is 0 Å². The molecular formula is C31H42N4O7. The fraction of sp³-hybridized carbons (Fsp3) is 0.581. The number of aliphatic hydroxyl groups is 3. The lowest BCUT2D eigenvalue weighted by atomic mass is 9.58. The summed E-state index contributed by atoms with van der Waals surface area (Å²) < 4.78 is 0. The van der Waals surface area contributed by atoms with E-state index in [9.17, 15) is 34.8 Å². The zero-order valence-corrected chi connectivity index (χ0v) is 25.1. The second-order valence-corrected chi connectivity index (χ2v) is 13.1. The van der Waals surface area contributed by atoms with Crippen LogP contribution in [0.5, 0.6) is 5.75 Å². The maximum absolute atomic E-state index is 14.1. The standard InChI is InChI=1S/C31H42N4O7/c1-14(2)13-35-9-7-8-19(35)16-12-20(36)22-17(24(16)33(3)4)10-15-11-18-25(34(5)6)27(38)23(30(32)41)29(40)31(18,42)28(39)21(15)26(22)37/h12,14-15,18-19,25,36,38-39,42H,7-11,13H2,1-6H3,(H2,32,41)/t15-,18-,19?,25-,31-/m0/s1. The average Bonchev–Trinajstić information content (AvgIpc) is 3.32. The summed E-state index contributed by atoms with van der Waals surface area (Å²) in [4.78, 5) is 45.7. The summed E-state index contributed by atoms with van der Waals surface area (Å²) in [5.41, 5.74) is 4.29. The van der Waals surface area contributed by atoms with Crippen LogP contribution in [0, 0.1) is 17.8 Å². The second-order valence-electron chi connectivity index (χ2n) is 13.1. The van der Waals surface area contributed by atoms with Crippen molar-refractivity contribution in [2.24, 2.45) is 23.5 Å². The maximum atomic E-state index is 14.1. The first kappa shape index (κ1) is 30.1. The van der Waals surface area contributed by atoms with Gasteiger partial charge in [0.1, 0.15) is 22.8 Å². The van der Waals surface area contributed by atoms with Gasteiger partial charge in [-0.15, -0.1) is 0 Å². The summed E-state index contributed by atoms with van der Waals surface area (Å²) >= 11 is 0. The van der Waals surface area contributed by atoms with E-state index < -0.39 is 58.0 Å². The number of benzene rings is 1. The van der Waals surface area contributed by atoms with Crippen LogP contribution in [0.2, 0.25) is 0 Å². The number of aromatic hydroxyl groups is 1. The Kier molecular flexibility index (Phi) is 7.44. The molecule has 228 valence electrons. The molecule has 5 rings (SSSR count). The van der Waals surface area contributed by atoms with Gasteiger partial charge in [0.05, 0.1) is 11.6 Å². The van der Waals surface area contributed by atoms with Gasteiger partial charge in [-0.2, -0.15) is 0 Å². The normalized spacial score (nSPS) is 29.7. The minimum Gasteiger partial charge on any atom is -0.510 e. The van der Waals surface area contributed by atoms with Gasteiger partial charge >= 0.3 is 0 Å². The lowest BCUT2D eigenvalue weighted by Gasteiger charge is -2.50. The van der Waals surface area contributed by atoms with Crippen molar-refractivity contribution in [3.63, 3.8) is 0 Å². The molecule has 5 atom stereocenters. The van der Waals surface area contributed by atoms with Crippen molar-refractivity contribution in [3.05, 3.63) is 45.4 Å². The summed E-state index contributed by atoms with van der Waals surface area (Å²) in [7, 11) is 7.04. The number of phenolic OH excluding ortho intramolecular Hbond substituents is 1. The molecular weight excluding hydrogens is 540 g/mol. The molecule has 1 saturated heterocycles. The number of fused-ring (bicyclic) bond motifs is 3. The number of hydrogen-bond acceptors (Lipinski definition) is 10. The molecule has 1 aromatic rings. The second kappa shape index (κ2) is 10.4. The van der Waals surface area contributed by atoms with Crippen LogP contribution in [-0.2, 0) is 16.0 Å². The number of rotatable bonds is 6. The predicted octanol–water partition coefficient (Wildman–Crippen LogP) is 1.98. The van der Waals surface area contributed by atoms with Crippen LogP contribution in [0.3, 0.4) is 0 Å². The quantitative estimate of drug-likeness (QED) is 0.313. The van der Waals surface area contributed by atoms with Gasteiger partial charge in [-0.05, 0) is 75.4 Å². The number of nitrogens with two attached hydrogens (primary N) is 1. The molecule has 6 N–H and O–H groups in total. The third-order valence-electron chi connectivity index (χ3n) is 9.49. The molecule has 0 saturated carbocycles. The minimum absolute atomic E-state index is 0.0386. The van der Waals surface area contributed by atoms with Crippen LogP contribution in [0.4, 0.5) is 5.69 Å². The number of hydrogen-bond donors (Lipinski definition) is 5. The molecule has 1 aromatic carbocycles. The highest BCUT2D eigenvalue weighted by atomic mass is 16.3. The van der Waals surface area contributed by atoms with Gasteiger partial charge in [-0.25, -0.2) is 0 Å². The average molecular weight is 583 g/mol. The van der Waals surface area contributed by atoms with Gasteiger partial charge in [0.2, 0.25) is 5.78 Å². The van der Waals surface area contributed by atoms with E-state index in [-0.39, 0.29) is 35.8 Å². The topological polar surface area (TPSA) is 168 Å². The number of primary amides is 1. The van der Waals surface area contributed by atoms with E-state index in [2.05, 4.69) is 18.7 Å². The molecule has 11 nitrogen and oxygen atoms in total. The Hall–Kier alpha value is -3.41. The number of Topliss-reactive ketones (excluding diaryl/α,β-unsaturated/α-hetero) is 2. The van der Waals surface area contributed by atoms with Crippen molar-refractivity contribution >= 4 is 23.2 Å². The number of allylic oxidation sites excluding steroid dienone is 1. The molecule has 0 radical (unpaired) electrons. The summed E-state index contributed by atoms with van der Waals surface area (Å²) in [6.45, 7) is 6.20. The van der Waals surface area contributed by atoms with Crippen LogP contribution in [-0.4, -0.2) is 101 Å². The zero-order valence-electron chi connectivity index (χ0n) is 25.1. The predicted molar refractivity (Wildman–Crippen MR) is 156 cm³/mol. The van der Waals surface area contributed by atoms with Crippen LogP contribution >= 0.6 is 0 Å². The summed E-state index contributed by atoms with van der Waals surface area (Å²) in [5, 5.41) is 45.7. The van der Waals surface area contributed by atoms with E-state index in [1.165, 1.54) is 0 Å². The number of nitrogens with zero attached hydrogens (tertiary/aromatic N) is 3. The van der Waals surface area contributed by atoms with E-state index in [1.54, 1.807) is 25.1 Å². The Balaban J connectivity index is 1.69. The molecule has 0 aromatic heterocycles. The van der Waals surface area contributed by atoms with Crippen LogP contribution in [0.25, 0.3) is 0 Å². The fourth-order valence-electron chi connectivity index (χ4n) is 7.98. The van der Waals surface area contributed by atoms with Crippen LogP contribution in [0.1, 0.15) is 60.6 Å². The van der Waals surface area contributed by atoms with E-state index in [4.69, 9.17) is 5.73 Å². The largest absolute Gasteiger partial charge is 0.510 e. The lowest BCUT2D eigenvalue weighted by Crippen LogP contribution is -2.63. The van der Waals surface area contributed by atoms with E-state index in [1.807, 2.05) is 19.0 Å². The Morgan fingerprint density at radius 3 is 2.40 bits per heavy atom. The number of likely N-dealkylation sites (tertiary alicyclic amines) is 1. The lowest BCUT2D eigenvalue weighted by molar-refractivity contribution is -0.148. The van der Waals surface area contributed by atoms with Gasteiger partial charge in [0.25, 0.3) is 5.91 Å². The van der Waals surface area contributed by atoms with Crippen molar-refractivity contribution < 1.29 is 34.8 Å². The van der Waals surface area contributed by atoms with Crippen molar-refractivity contribution in [2.45, 2.75) is 57.2 Å². The first-order valence-corrected chi connectivity index (χ1v) is 14.6. The van der Waals surface area contributed by atoms with Gasteiger partial charge < -0.3 is 31.1 Å². The monoisotopic (exact) mass is 582 g/mol. The third-order valence-corrected chi connectivity index (χ3v) is 9.49. The zero-order chi connectivity index (χ0) is 31.0. The van der Waals surface area contributed by atoms with Crippen molar-refractivity contribution in [2.75, 3.05) is 46.2 Å². The van der Waals surface area contributed by atoms with Crippen LogP contribution in [0.15, 0.2) is 28.7 Å². The number of ketones is 2. The van der Waals surface area contributed by atoms with E-state index >= 15 is 0 Å². The molecule has 1 fully saturated rings. The summed E-state index contributed by atoms with van der Waals surface area (Å²) in [6, 6.07) is 0.695. The summed E-state index contributed by atoms with van der Waals surface area (Å²) in [5.74, 6) is -6.00. The molecule has 1 amide bonds. The number of likely N-dealkylation sites (N-methyl/N-ethyl adjacent to an activating group) is 1. The molecule has 11 heteroatoms. The number of amides is 1. The van der Waals surface area contributed by atoms with Crippen LogP contribution < -0.4 is 10.6 Å². The number of carbonyl (C=O) groups excluding carboxylic acids is 3. The minimum atomic E-state index is -2.65. The van der Waals surface area contributed by atoms with Gasteiger partial charge in [-0.3, -0.25) is 24.2 Å². The molecule has 1 heterocycles. The molecule has 1 unspecified atom stereocenters. The Labute approximate surface area is 245 Å². The highest BCUT2D eigenvalue weighted by molar-refractivity contribution is 6.24. The number of carbonyl (C=O) groups is 3. The maximum Gasteiger partial charge on any atom is 0.255 e. The molecule has 0 bridgehead atoms. The number of phenols is 1. The van der Waals surface area contributed by atoms with E-state index in [0.717, 1.165) is 37.2 Å². The first-order valence-electron chi connectivity index (χ1n) is 14.6. The fourth-order valence-corrected chi connectivity index (χ4v) is 7.98.